The van der Waals surface area contributed by atoms with Gasteiger partial charge in [-0.2, -0.15) is 0 Å². The second-order valence-corrected chi connectivity index (χ2v) is 4.81. The number of aryl methyl sites for hydroxylation is 1. The summed E-state index contributed by atoms with van der Waals surface area (Å²) in [5, 5.41) is 0.798. The Morgan fingerprint density at radius 1 is 1.14 bits per heavy atom. The lowest BCUT2D eigenvalue weighted by molar-refractivity contribution is 0.101. The van der Waals surface area contributed by atoms with Crippen LogP contribution in [-0.2, 0) is 0 Å². The summed E-state index contributed by atoms with van der Waals surface area (Å²) in [6, 6.07) is 11.4. The van der Waals surface area contributed by atoms with Crippen molar-refractivity contribution in [2.75, 3.05) is 7.11 Å². The van der Waals surface area contributed by atoms with E-state index in [1.54, 1.807) is 44.4 Å². The first-order chi connectivity index (χ1) is 10.1. The number of furan rings is 1. The minimum Gasteiger partial charge on any atom is -0.497 e. The van der Waals surface area contributed by atoms with E-state index in [1.165, 1.54) is 6.07 Å². The van der Waals surface area contributed by atoms with E-state index in [1.807, 2.05) is 6.07 Å². The van der Waals surface area contributed by atoms with Gasteiger partial charge in [-0.3, -0.25) is 4.79 Å². The molecule has 0 N–H and O–H groups in total. The lowest BCUT2D eigenvalue weighted by Gasteiger charge is -2.00. The van der Waals surface area contributed by atoms with Crippen LogP contribution in [0.5, 0.6) is 5.75 Å². The molecule has 0 aliphatic carbocycles. The topological polar surface area (TPSA) is 39.4 Å². The van der Waals surface area contributed by atoms with Gasteiger partial charge in [-0.1, -0.05) is 12.1 Å². The minimum atomic E-state index is -0.404. The minimum absolute atomic E-state index is 0.182. The summed E-state index contributed by atoms with van der Waals surface area (Å²) in [4.78, 5) is 12.3. The monoisotopic (exact) mass is 284 g/mol. The first kappa shape index (κ1) is 13.4. The molecule has 3 nitrogen and oxygen atoms in total. The fourth-order valence-corrected chi connectivity index (χ4v) is 2.13. The van der Waals surface area contributed by atoms with Crippen molar-refractivity contribution in [1.82, 2.24) is 0 Å². The van der Waals surface area contributed by atoms with Crippen molar-refractivity contribution in [2.45, 2.75) is 6.92 Å². The predicted octanol–water partition coefficient (Wildman–Crippen LogP) is 4.12. The Balaban J connectivity index is 2.02. The molecule has 3 rings (SSSR count). The van der Waals surface area contributed by atoms with Crippen LogP contribution in [0.1, 0.15) is 21.7 Å². The van der Waals surface area contributed by atoms with Crippen LogP contribution in [0.4, 0.5) is 4.39 Å². The molecule has 0 fully saturated rings. The number of benzene rings is 2. The molecule has 1 aromatic heterocycles. The number of carbonyl (C=O) groups is 1. The van der Waals surface area contributed by atoms with Crippen LogP contribution in [0.3, 0.4) is 0 Å². The fourth-order valence-electron chi connectivity index (χ4n) is 2.13. The van der Waals surface area contributed by atoms with Gasteiger partial charge in [0.2, 0.25) is 5.78 Å². The quantitative estimate of drug-likeness (QED) is 0.679. The molecule has 0 aliphatic heterocycles. The highest BCUT2D eigenvalue weighted by atomic mass is 19.1. The number of fused-ring (bicyclic) bond motifs is 1. The second kappa shape index (κ2) is 5.05. The van der Waals surface area contributed by atoms with Crippen molar-refractivity contribution in [3.05, 3.63) is 65.2 Å². The maximum absolute atomic E-state index is 13.6. The van der Waals surface area contributed by atoms with Gasteiger partial charge in [0, 0.05) is 17.0 Å². The van der Waals surface area contributed by atoms with Crippen molar-refractivity contribution in [1.29, 1.82) is 0 Å². The number of rotatable bonds is 3. The molecule has 3 aromatic rings. The number of methoxy groups -OCH3 is 1. The van der Waals surface area contributed by atoms with Gasteiger partial charge in [0.1, 0.15) is 17.1 Å². The molecular weight excluding hydrogens is 271 g/mol. The van der Waals surface area contributed by atoms with Crippen molar-refractivity contribution in [3.63, 3.8) is 0 Å². The molecule has 1 heterocycles. The summed E-state index contributed by atoms with van der Waals surface area (Å²) in [5.74, 6) is 0.0847. The predicted molar refractivity (Wildman–Crippen MR) is 77.3 cm³/mol. The summed E-state index contributed by atoms with van der Waals surface area (Å²) >= 11 is 0. The number of ether oxygens (including phenoxy) is 1. The van der Waals surface area contributed by atoms with E-state index in [9.17, 15) is 9.18 Å². The number of carbonyl (C=O) groups excluding carboxylic acids is 1. The average molecular weight is 284 g/mol. The number of hydrogen-bond acceptors (Lipinski definition) is 3. The Labute approximate surface area is 120 Å². The summed E-state index contributed by atoms with van der Waals surface area (Å²) in [7, 11) is 1.56. The molecule has 0 spiro atoms. The van der Waals surface area contributed by atoms with Crippen LogP contribution in [0.2, 0.25) is 0 Å². The molecule has 0 radical (unpaired) electrons. The van der Waals surface area contributed by atoms with E-state index in [0.29, 0.717) is 16.9 Å². The van der Waals surface area contributed by atoms with E-state index < -0.39 is 5.82 Å². The summed E-state index contributed by atoms with van der Waals surface area (Å²) in [6.07, 6.45) is 0. The fraction of sp³-hybridized carbons (Fsp3) is 0.118. The maximum atomic E-state index is 13.6. The largest absolute Gasteiger partial charge is 0.497 e. The molecule has 0 amide bonds. The average Bonchev–Trinajstić information content (AvgIpc) is 2.92. The first-order valence-electron chi connectivity index (χ1n) is 6.47. The Bertz CT molecular complexity index is 833. The van der Waals surface area contributed by atoms with Crippen molar-refractivity contribution in [2.24, 2.45) is 0 Å². The highest BCUT2D eigenvalue weighted by Crippen LogP contribution is 2.25. The van der Waals surface area contributed by atoms with Crippen molar-refractivity contribution < 1.29 is 18.3 Å². The summed E-state index contributed by atoms with van der Waals surface area (Å²) in [6.45, 7) is 1.65. The smallest absolute Gasteiger partial charge is 0.228 e. The van der Waals surface area contributed by atoms with Gasteiger partial charge in [-0.05, 0) is 36.8 Å². The highest BCUT2D eigenvalue weighted by Gasteiger charge is 2.16. The normalized spacial score (nSPS) is 10.8. The molecule has 0 saturated carbocycles. The molecule has 0 atom stereocenters. The molecule has 106 valence electrons. The van der Waals surface area contributed by atoms with Crippen LogP contribution < -0.4 is 4.74 Å². The lowest BCUT2D eigenvalue weighted by Crippen LogP contribution is -2.00. The van der Waals surface area contributed by atoms with Crippen LogP contribution in [-0.4, -0.2) is 12.9 Å². The zero-order valence-corrected chi connectivity index (χ0v) is 11.6. The van der Waals surface area contributed by atoms with E-state index in [-0.39, 0.29) is 17.1 Å². The molecule has 4 heteroatoms. The number of ketones is 1. The van der Waals surface area contributed by atoms with Crippen LogP contribution in [0, 0.1) is 12.7 Å². The third-order valence-corrected chi connectivity index (χ3v) is 3.39. The van der Waals surface area contributed by atoms with Gasteiger partial charge in [0.25, 0.3) is 0 Å². The number of hydrogen-bond donors (Lipinski definition) is 0. The Morgan fingerprint density at radius 3 is 2.67 bits per heavy atom. The van der Waals surface area contributed by atoms with E-state index >= 15 is 0 Å². The van der Waals surface area contributed by atoms with E-state index in [0.717, 1.165) is 5.39 Å². The van der Waals surface area contributed by atoms with Gasteiger partial charge in [0.15, 0.2) is 5.76 Å². The van der Waals surface area contributed by atoms with Crippen LogP contribution in [0.25, 0.3) is 11.0 Å². The standard InChI is InChI=1S/C17H13FO3/c1-10-3-4-12(7-14(10)18)17(19)16-8-11-5-6-13(20-2)9-15(11)21-16/h3-9H,1-2H3. The van der Waals surface area contributed by atoms with Gasteiger partial charge in [-0.25, -0.2) is 4.39 Å². The molecule has 0 aliphatic rings. The van der Waals surface area contributed by atoms with E-state index in [4.69, 9.17) is 9.15 Å². The zero-order valence-electron chi connectivity index (χ0n) is 11.6. The van der Waals surface area contributed by atoms with Crippen LogP contribution >= 0.6 is 0 Å². The Hall–Kier alpha value is -2.62. The van der Waals surface area contributed by atoms with Gasteiger partial charge in [-0.15, -0.1) is 0 Å². The van der Waals surface area contributed by atoms with Crippen LogP contribution in [0.15, 0.2) is 46.9 Å². The number of halogens is 1. The lowest BCUT2D eigenvalue weighted by atomic mass is 10.1. The van der Waals surface area contributed by atoms with Crippen molar-refractivity contribution in [3.8, 4) is 5.75 Å². The maximum Gasteiger partial charge on any atom is 0.228 e. The molecular formula is C17H13FO3. The molecule has 21 heavy (non-hydrogen) atoms. The zero-order chi connectivity index (χ0) is 15.0. The van der Waals surface area contributed by atoms with Gasteiger partial charge >= 0.3 is 0 Å². The second-order valence-electron chi connectivity index (χ2n) is 4.81. The third-order valence-electron chi connectivity index (χ3n) is 3.39. The first-order valence-corrected chi connectivity index (χ1v) is 6.47. The summed E-state index contributed by atoms with van der Waals surface area (Å²) in [5.41, 5.74) is 1.33. The van der Waals surface area contributed by atoms with Crippen molar-refractivity contribution >= 4 is 16.8 Å². The Morgan fingerprint density at radius 2 is 1.95 bits per heavy atom. The third kappa shape index (κ3) is 2.40. The SMILES string of the molecule is COc1ccc2cc(C(=O)c3ccc(C)c(F)c3)oc2c1. The summed E-state index contributed by atoms with van der Waals surface area (Å²) < 4.78 is 24.2. The molecule has 0 bridgehead atoms. The molecule has 0 saturated heterocycles. The molecule has 2 aromatic carbocycles. The Kier molecular flexibility index (Phi) is 3.22. The van der Waals surface area contributed by atoms with Gasteiger partial charge < -0.3 is 9.15 Å². The van der Waals surface area contributed by atoms with Gasteiger partial charge in [0.05, 0.1) is 7.11 Å². The highest BCUT2D eigenvalue weighted by molar-refractivity contribution is 6.09. The van der Waals surface area contributed by atoms with E-state index in [2.05, 4.69) is 0 Å². The molecule has 0 unspecified atom stereocenters.